The number of rotatable bonds is 11. The fraction of sp³-hybridized carbons (Fsp3) is 0.519. The van der Waals surface area contributed by atoms with E-state index in [1.165, 1.54) is 29.5 Å². The third kappa shape index (κ3) is 6.77. The molecule has 2 heterocycles. The van der Waals surface area contributed by atoms with Crippen LogP contribution in [-0.4, -0.2) is 67.6 Å². The lowest BCUT2D eigenvalue weighted by atomic mass is 9.84. The molecular weight excluding hydrogens is 550 g/mol. The Hall–Kier alpha value is -2.60. The van der Waals surface area contributed by atoms with E-state index >= 15 is 0 Å². The molecule has 210 valence electrons. The van der Waals surface area contributed by atoms with Crippen molar-refractivity contribution in [2.75, 3.05) is 43.1 Å². The predicted octanol–water partition coefficient (Wildman–Crippen LogP) is 4.70. The zero-order valence-electron chi connectivity index (χ0n) is 21.3. The minimum absolute atomic E-state index is 0.0749. The molecule has 3 fully saturated rings. The fourth-order valence-electron chi connectivity index (χ4n) is 5.04. The van der Waals surface area contributed by atoms with E-state index in [0.29, 0.717) is 15.1 Å². The molecule has 1 saturated heterocycles. The van der Waals surface area contributed by atoms with Crippen LogP contribution in [0.3, 0.4) is 0 Å². The molecule has 2 saturated carbocycles. The van der Waals surface area contributed by atoms with Crippen molar-refractivity contribution in [2.45, 2.75) is 50.6 Å². The lowest BCUT2D eigenvalue weighted by Crippen LogP contribution is -2.53. The van der Waals surface area contributed by atoms with E-state index in [0.717, 1.165) is 43.6 Å². The average Bonchev–Trinajstić information content (AvgIpc) is 3.64. The maximum absolute atomic E-state index is 14.0. The molecule has 0 radical (unpaired) electrons. The van der Waals surface area contributed by atoms with Gasteiger partial charge in [0.05, 0.1) is 21.5 Å². The number of hydrogen-bond donors (Lipinski definition) is 2. The summed E-state index contributed by atoms with van der Waals surface area (Å²) in [4.78, 5) is 42.6. The van der Waals surface area contributed by atoms with Crippen molar-refractivity contribution < 1.29 is 27.9 Å². The maximum atomic E-state index is 14.0. The quantitative estimate of drug-likeness (QED) is 0.402. The molecule has 3 amide bonds. The van der Waals surface area contributed by atoms with Gasteiger partial charge in [0.25, 0.3) is 18.2 Å². The number of anilines is 2. The van der Waals surface area contributed by atoms with Crippen LogP contribution in [0, 0.1) is 5.92 Å². The Labute approximate surface area is 234 Å². The molecule has 39 heavy (non-hydrogen) atoms. The van der Waals surface area contributed by atoms with Crippen LogP contribution in [0.5, 0.6) is 0 Å². The Morgan fingerprint density at radius 1 is 1.18 bits per heavy atom. The normalized spacial score (nSPS) is 18.8. The van der Waals surface area contributed by atoms with E-state index in [2.05, 4.69) is 15.5 Å². The molecule has 2 N–H and O–H groups in total. The number of carbonyl (C=O) groups is 3. The van der Waals surface area contributed by atoms with Crippen molar-refractivity contribution >= 4 is 52.0 Å². The first-order valence-corrected chi connectivity index (χ1v) is 14.4. The summed E-state index contributed by atoms with van der Waals surface area (Å²) in [6.07, 6.45) is 2.49. The average molecular weight is 581 g/mol. The van der Waals surface area contributed by atoms with Gasteiger partial charge in [0.1, 0.15) is 12.6 Å². The van der Waals surface area contributed by atoms with Gasteiger partial charge in [-0.1, -0.05) is 18.0 Å². The van der Waals surface area contributed by atoms with Crippen LogP contribution < -0.4 is 15.5 Å². The number of amides is 3. The first-order valence-electron chi connectivity index (χ1n) is 13.2. The summed E-state index contributed by atoms with van der Waals surface area (Å²) < 4.78 is 33.7. The molecule has 8 nitrogen and oxygen atoms in total. The highest BCUT2D eigenvalue weighted by Gasteiger charge is 2.39. The number of thiophene rings is 1. The van der Waals surface area contributed by atoms with E-state index in [1.54, 1.807) is 12.1 Å². The number of ether oxygens (including phenoxy) is 1. The second-order valence-electron chi connectivity index (χ2n) is 10.2. The Morgan fingerprint density at radius 2 is 1.97 bits per heavy atom. The molecule has 2 aromatic rings. The summed E-state index contributed by atoms with van der Waals surface area (Å²) in [5.74, 6) is -0.577. The van der Waals surface area contributed by atoms with Crippen LogP contribution in [-0.2, 0) is 14.3 Å². The van der Waals surface area contributed by atoms with Gasteiger partial charge in [-0.2, -0.15) is 0 Å². The predicted molar refractivity (Wildman–Crippen MR) is 146 cm³/mol. The van der Waals surface area contributed by atoms with Gasteiger partial charge in [-0.15, -0.1) is 11.3 Å². The summed E-state index contributed by atoms with van der Waals surface area (Å²) >= 11 is 7.14. The second-order valence-corrected chi connectivity index (χ2v) is 11.9. The topological polar surface area (TPSA) is 91.0 Å². The summed E-state index contributed by atoms with van der Waals surface area (Å²) in [7, 11) is 0. The number of hydrogen-bond acceptors (Lipinski definition) is 6. The molecule has 5 rings (SSSR count). The van der Waals surface area contributed by atoms with Crippen LogP contribution in [0.4, 0.5) is 20.2 Å². The first-order chi connectivity index (χ1) is 18.8. The zero-order chi connectivity index (χ0) is 27.5. The van der Waals surface area contributed by atoms with Gasteiger partial charge in [-0.05, 0) is 61.9 Å². The van der Waals surface area contributed by atoms with Crippen molar-refractivity contribution in [1.82, 2.24) is 10.2 Å². The molecule has 1 atom stereocenters. The Kier molecular flexibility index (Phi) is 8.80. The molecule has 1 aliphatic heterocycles. The Morgan fingerprint density at radius 3 is 2.59 bits per heavy atom. The molecule has 12 heteroatoms. The summed E-state index contributed by atoms with van der Waals surface area (Å²) in [5.41, 5.74) is -0.0178. The fourth-order valence-corrected chi connectivity index (χ4v) is 5.99. The van der Waals surface area contributed by atoms with E-state index in [1.807, 2.05) is 0 Å². The second kappa shape index (κ2) is 12.3. The molecule has 0 bridgehead atoms. The van der Waals surface area contributed by atoms with Gasteiger partial charge in [0.15, 0.2) is 0 Å². The maximum Gasteiger partial charge on any atom is 0.265 e. The third-order valence-electron chi connectivity index (χ3n) is 7.47. The summed E-state index contributed by atoms with van der Waals surface area (Å²) in [5, 5.41) is 5.68. The van der Waals surface area contributed by atoms with Gasteiger partial charge in [-0.3, -0.25) is 19.3 Å². The summed E-state index contributed by atoms with van der Waals surface area (Å²) in [6.45, 7) is 1.11. The van der Waals surface area contributed by atoms with Gasteiger partial charge in [0.2, 0.25) is 5.91 Å². The summed E-state index contributed by atoms with van der Waals surface area (Å²) in [6, 6.07) is 7.04. The number of alkyl halides is 2. The van der Waals surface area contributed by atoms with Crippen LogP contribution in [0.15, 0.2) is 30.3 Å². The molecule has 1 aromatic carbocycles. The first kappa shape index (κ1) is 27.9. The molecule has 2 aliphatic carbocycles. The molecular formula is C27H31ClF2N4O4S. The highest BCUT2D eigenvalue weighted by Crippen LogP contribution is 2.36. The van der Waals surface area contributed by atoms with Crippen LogP contribution in [0.25, 0.3) is 0 Å². The van der Waals surface area contributed by atoms with Crippen molar-refractivity contribution in [3.8, 4) is 0 Å². The molecule has 1 aromatic heterocycles. The number of morpholine rings is 1. The number of nitrogens with one attached hydrogen (secondary N) is 2. The Balaban J connectivity index is 1.35. The highest BCUT2D eigenvalue weighted by molar-refractivity contribution is 7.18. The largest absolute Gasteiger partial charge is 0.370 e. The third-order valence-corrected chi connectivity index (χ3v) is 8.70. The minimum atomic E-state index is -2.85. The van der Waals surface area contributed by atoms with Crippen molar-refractivity contribution in [3.63, 3.8) is 0 Å². The van der Waals surface area contributed by atoms with Crippen LogP contribution in [0.2, 0.25) is 4.34 Å². The minimum Gasteiger partial charge on any atom is -0.370 e. The van der Waals surface area contributed by atoms with Gasteiger partial charge in [-0.25, -0.2) is 8.78 Å². The smallest absolute Gasteiger partial charge is 0.265 e. The van der Waals surface area contributed by atoms with E-state index in [-0.39, 0.29) is 67.0 Å². The standard InChI is InChI=1S/C27H31ClF2N4O4S/c28-23-9-8-22(39-23)27(37)31-13-21(34(18-5-6-18)14-16-2-1-3-16)26(36)32-17-4-7-20(19(12-17)25(29)30)33-10-11-38-15-24(33)35/h4,7-9,12,16,18,21,25H,1-3,5-6,10-11,13-15H2,(H,31,37)(H,32,36)/t21-/m0/s1. The molecule has 0 spiro atoms. The van der Waals surface area contributed by atoms with Crippen molar-refractivity contribution in [1.29, 1.82) is 0 Å². The number of nitrogens with zero attached hydrogens (tertiary/aromatic N) is 2. The van der Waals surface area contributed by atoms with E-state index in [9.17, 15) is 23.2 Å². The van der Waals surface area contributed by atoms with Gasteiger partial charge in [0, 0.05) is 36.9 Å². The van der Waals surface area contributed by atoms with E-state index in [4.69, 9.17) is 16.3 Å². The van der Waals surface area contributed by atoms with Crippen molar-refractivity contribution in [2.24, 2.45) is 5.92 Å². The van der Waals surface area contributed by atoms with Crippen LogP contribution >= 0.6 is 22.9 Å². The van der Waals surface area contributed by atoms with E-state index < -0.39 is 12.5 Å². The molecule has 3 aliphatic rings. The monoisotopic (exact) mass is 580 g/mol. The van der Waals surface area contributed by atoms with Gasteiger partial charge < -0.3 is 20.3 Å². The zero-order valence-corrected chi connectivity index (χ0v) is 22.9. The van der Waals surface area contributed by atoms with Crippen LogP contribution in [0.1, 0.15) is 53.8 Å². The highest BCUT2D eigenvalue weighted by atomic mass is 35.5. The Bertz CT molecular complexity index is 1220. The number of benzene rings is 1. The lowest BCUT2D eigenvalue weighted by Gasteiger charge is -2.37. The SMILES string of the molecule is O=C(NC[C@@H](C(=O)Nc1ccc(N2CCOCC2=O)c(C(F)F)c1)N(CC1CCC1)C1CC1)c1ccc(Cl)s1. The molecule has 0 unspecified atom stereocenters. The van der Waals surface area contributed by atoms with Crippen molar-refractivity contribution in [3.05, 3.63) is 45.1 Å². The number of carbonyl (C=O) groups excluding carboxylic acids is 3. The lowest BCUT2D eigenvalue weighted by molar-refractivity contribution is -0.125. The van der Waals surface area contributed by atoms with Gasteiger partial charge >= 0.3 is 0 Å². The number of halogens is 3.